The van der Waals surface area contributed by atoms with E-state index in [2.05, 4.69) is 16.0 Å². The van der Waals surface area contributed by atoms with Crippen molar-refractivity contribution in [1.29, 1.82) is 0 Å². The quantitative estimate of drug-likeness (QED) is 0.465. The van der Waals surface area contributed by atoms with Crippen molar-refractivity contribution < 1.29 is 4.92 Å². The van der Waals surface area contributed by atoms with E-state index in [1.165, 1.54) is 12.1 Å². The Balaban J connectivity index is 2.21. The van der Waals surface area contributed by atoms with E-state index in [9.17, 15) is 10.1 Å². The van der Waals surface area contributed by atoms with Gasteiger partial charge in [0.05, 0.1) is 16.3 Å². The van der Waals surface area contributed by atoms with Crippen molar-refractivity contribution in [3.63, 3.8) is 0 Å². The highest BCUT2D eigenvalue weighted by Gasteiger charge is 2.03. The van der Waals surface area contributed by atoms with Crippen molar-refractivity contribution in [3.8, 4) is 0 Å². The molecule has 0 spiro atoms. The number of benzene rings is 2. The number of nitrogens with zero attached hydrogens (tertiary/aromatic N) is 3. The van der Waals surface area contributed by atoms with Gasteiger partial charge in [0.15, 0.2) is 0 Å². The molecule has 0 radical (unpaired) electrons. The lowest BCUT2D eigenvalue weighted by Crippen LogP contribution is -1.85. The lowest BCUT2D eigenvalue weighted by atomic mass is 10.3. The van der Waals surface area contributed by atoms with E-state index in [1.54, 1.807) is 12.1 Å². The minimum absolute atomic E-state index is 0.00207. The summed E-state index contributed by atoms with van der Waals surface area (Å²) < 4.78 is 0. The molecule has 2 aromatic carbocycles. The van der Waals surface area contributed by atoms with Gasteiger partial charge < -0.3 is 0 Å². The molecule has 0 amide bonds. The first-order valence-corrected chi connectivity index (χ1v) is 5.22. The minimum Gasteiger partial charge on any atom is -0.258 e. The van der Waals surface area contributed by atoms with Crippen LogP contribution in [0.15, 0.2) is 64.6 Å². The molecule has 0 saturated heterocycles. The van der Waals surface area contributed by atoms with E-state index >= 15 is 0 Å². The molecule has 0 aliphatic rings. The highest BCUT2D eigenvalue weighted by Crippen LogP contribution is 2.19. The standard InChI is InChI=1S/C13H9N3O2/c17-16(18)13-8-4-7-12(9-13)15-10-14-11-5-2-1-3-6-11/h1-9H. The number of non-ortho nitro benzene ring substituents is 1. The summed E-state index contributed by atoms with van der Waals surface area (Å²) in [5, 5.41) is 10.6. The van der Waals surface area contributed by atoms with E-state index < -0.39 is 4.92 Å². The van der Waals surface area contributed by atoms with Crippen LogP contribution in [0.4, 0.5) is 17.1 Å². The maximum atomic E-state index is 10.6. The van der Waals surface area contributed by atoms with Crippen molar-refractivity contribution in [1.82, 2.24) is 0 Å². The van der Waals surface area contributed by atoms with Crippen LogP contribution in [0.5, 0.6) is 0 Å². The molecule has 0 heterocycles. The second-order valence-electron chi connectivity index (χ2n) is 3.44. The second-order valence-corrected chi connectivity index (χ2v) is 3.44. The monoisotopic (exact) mass is 239 g/mol. The third kappa shape index (κ3) is 3.10. The van der Waals surface area contributed by atoms with Gasteiger partial charge in [0.2, 0.25) is 0 Å². The van der Waals surface area contributed by atoms with E-state index in [1.807, 2.05) is 30.3 Å². The maximum absolute atomic E-state index is 10.6. The molecule has 18 heavy (non-hydrogen) atoms. The summed E-state index contributed by atoms with van der Waals surface area (Å²) in [7, 11) is 0. The molecule has 2 rings (SSSR count). The Labute approximate surface area is 103 Å². The Bertz CT molecular complexity index is 617. The molecule has 0 aliphatic heterocycles. The number of aliphatic imine (C=N–C) groups is 2. The number of rotatable bonds is 3. The fraction of sp³-hybridized carbons (Fsp3) is 0. The van der Waals surface area contributed by atoms with Crippen molar-refractivity contribution >= 4 is 23.1 Å². The van der Waals surface area contributed by atoms with Crippen LogP contribution in [0.1, 0.15) is 0 Å². The van der Waals surface area contributed by atoms with Crippen LogP contribution >= 0.6 is 0 Å². The predicted molar refractivity (Wildman–Crippen MR) is 68.7 cm³/mol. The zero-order chi connectivity index (χ0) is 12.8. The van der Waals surface area contributed by atoms with E-state index in [0.717, 1.165) is 5.69 Å². The van der Waals surface area contributed by atoms with Gasteiger partial charge in [-0.1, -0.05) is 24.3 Å². The van der Waals surface area contributed by atoms with E-state index in [4.69, 9.17) is 0 Å². The first kappa shape index (κ1) is 11.7. The van der Waals surface area contributed by atoms with Crippen LogP contribution in [0.25, 0.3) is 0 Å². The molecule has 0 aliphatic carbocycles. The van der Waals surface area contributed by atoms with Crippen molar-refractivity contribution in [2.75, 3.05) is 0 Å². The fourth-order valence-electron chi connectivity index (χ4n) is 1.32. The van der Waals surface area contributed by atoms with Gasteiger partial charge in [0.1, 0.15) is 6.01 Å². The Hall–Kier alpha value is -2.78. The molecule has 5 nitrogen and oxygen atoms in total. The molecule has 0 unspecified atom stereocenters. The summed E-state index contributed by atoms with van der Waals surface area (Å²) in [5.41, 5.74) is 1.17. The van der Waals surface area contributed by atoms with Crippen LogP contribution in [0.3, 0.4) is 0 Å². The zero-order valence-corrected chi connectivity index (χ0v) is 9.35. The topological polar surface area (TPSA) is 67.9 Å². The molecule has 0 saturated carbocycles. The van der Waals surface area contributed by atoms with Gasteiger partial charge in [0, 0.05) is 12.1 Å². The molecule has 0 aromatic heterocycles. The average molecular weight is 239 g/mol. The molecule has 0 fully saturated rings. The molecular weight excluding hydrogens is 230 g/mol. The van der Waals surface area contributed by atoms with Crippen LogP contribution < -0.4 is 0 Å². The number of hydrogen-bond donors (Lipinski definition) is 0. The molecule has 0 bridgehead atoms. The molecule has 0 N–H and O–H groups in total. The largest absolute Gasteiger partial charge is 0.271 e. The van der Waals surface area contributed by atoms with E-state index in [0.29, 0.717) is 5.69 Å². The SMILES string of the molecule is O=[N+]([O-])c1cccc(N=C=Nc2ccccc2)c1. The number of nitro benzene ring substituents is 1. The van der Waals surface area contributed by atoms with Gasteiger partial charge in [-0.25, -0.2) is 0 Å². The summed E-state index contributed by atoms with van der Waals surface area (Å²) in [6.45, 7) is 0. The Morgan fingerprint density at radius 3 is 2.33 bits per heavy atom. The van der Waals surface area contributed by atoms with Gasteiger partial charge in [-0.15, -0.1) is 0 Å². The number of hydrogen-bond acceptors (Lipinski definition) is 4. The normalized spacial score (nSPS) is 9.33. The van der Waals surface area contributed by atoms with Gasteiger partial charge >= 0.3 is 0 Å². The predicted octanol–water partition coefficient (Wildman–Crippen LogP) is 3.73. The van der Waals surface area contributed by atoms with Crippen molar-refractivity contribution in [3.05, 3.63) is 64.7 Å². The highest BCUT2D eigenvalue weighted by atomic mass is 16.6. The van der Waals surface area contributed by atoms with Gasteiger partial charge in [-0.2, -0.15) is 9.98 Å². The number of nitro groups is 1. The van der Waals surface area contributed by atoms with Gasteiger partial charge in [0.25, 0.3) is 5.69 Å². The van der Waals surface area contributed by atoms with Crippen LogP contribution in [-0.2, 0) is 0 Å². The third-order valence-corrected chi connectivity index (χ3v) is 2.15. The van der Waals surface area contributed by atoms with Gasteiger partial charge in [-0.05, 0) is 18.2 Å². The molecule has 5 heteroatoms. The summed E-state index contributed by atoms with van der Waals surface area (Å²) in [6.07, 6.45) is 0. The summed E-state index contributed by atoms with van der Waals surface area (Å²) in [4.78, 5) is 18.0. The molecule has 0 atom stereocenters. The maximum Gasteiger partial charge on any atom is 0.271 e. The van der Waals surface area contributed by atoms with Crippen LogP contribution in [-0.4, -0.2) is 10.9 Å². The minimum atomic E-state index is -0.465. The summed E-state index contributed by atoms with van der Waals surface area (Å²) in [6, 6.07) is 17.7. The fourth-order valence-corrected chi connectivity index (χ4v) is 1.32. The first-order valence-electron chi connectivity index (χ1n) is 5.22. The molecular formula is C13H9N3O2. The Kier molecular flexibility index (Phi) is 3.59. The summed E-state index contributed by atoms with van der Waals surface area (Å²) >= 11 is 0. The van der Waals surface area contributed by atoms with Crippen molar-refractivity contribution in [2.45, 2.75) is 0 Å². The molecule has 88 valence electrons. The number of para-hydroxylation sites is 1. The lowest BCUT2D eigenvalue weighted by molar-refractivity contribution is -0.384. The third-order valence-electron chi connectivity index (χ3n) is 2.15. The lowest BCUT2D eigenvalue weighted by Gasteiger charge is -1.91. The Morgan fingerprint density at radius 1 is 0.944 bits per heavy atom. The zero-order valence-electron chi connectivity index (χ0n) is 9.35. The highest BCUT2D eigenvalue weighted by molar-refractivity contribution is 5.59. The molecule has 2 aromatic rings. The smallest absolute Gasteiger partial charge is 0.258 e. The van der Waals surface area contributed by atoms with Crippen LogP contribution in [0, 0.1) is 10.1 Å². The van der Waals surface area contributed by atoms with Crippen molar-refractivity contribution in [2.24, 2.45) is 9.98 Å². The van der Waals surface area contributed by atoms with Crippen LogP contribution in [0.2, 0.25) is 0 Å². The average Bonchev–Trinajstić information content (AvgIpc) is 2.40. The second kappa shape index (κ2) is 5.52. The Morgan fingerprint density at radius 2 is 1.61 bits per heavy atom. The van der Waals surface area contributed by atoms with Gasteiger partial charge in [-0.3, -0.25) is 10.1 Å². The summed E-state index contributed by atoms with van der Waals surface area (Å²) in [5.74, 6) is 0. The first-order chi connectivity index (χ1) is 8.75. The van der Waals surface area contributed by atoms with E-state index in [-0.39, 0.29) is 5.69 Å².